The summed E-state index contributed by atoms with van der Waals surface area (Å²) in [5, 5.41) is 0. The van der Waals surface area contributed by atoms with E-state index in [4.69, 9.17) is 8.92 Å². The number of halogens is 1. The van der Waals surface area contributed by atoms with Gasteiger partial charge in [-0.25, -0.2) is 7.50 Å². The number of aromatic nitrogens is 2. The monoisotopic (exact) mass is 344 g/mol. The van der Waals surface area contributed by atoms with Gasteiger partial charge in [-0.1, -0.05) is 0 Å². The maximum absolute atomic E-state index is 5.12. The fourth-order valence-electron chi connectivity index (χ4n) is 1.15. The van der Waals surface area contributed by atoms with Crippen LogP contribution in [0.25, 0.3) is 0 Å². The van der Waals surface area contributed by atoms with Gasteiger partial charge in [0.15, 0.2) is 12.3 Å². The smallest absolute Gasteiger partial charge is 0.169 e. The Kier molecular flexibility index (Phi) is 7.36. The summed E-state index contributed by atoms with van der Waals surface area (Å²) >= 11 is 2.74. The Morgan fingerprint density at radius 2 is 2.40 bits per heavy atom. The zero-order chi connectivity index (χ0) is 10.9. The average Bonchev–Trinajstić information content (AvgIpc) is 2.69. The van der Waals surface area contributed by atoms with E-state index >= 15 is 0 Å². The number of hydrogen-bond acceptors (Lipinski definition) is 5. The minimum absolute atomic E-state index is 0.581. The molecule has 0 aromatic carbocycles. The molecule has 15 heavy (non-hydrogen) atoms. The summed E-state index contributed by atoms with van der Waals surface area (Å²) in [5.74, 6) is 1.00. The predicted octanol–water partition coefficient (Wildman–Crippen LogP) is 2.02. The highest BCUT2D eigenvalue weighted by atomic mass is 127. The van der Waals surface area contributed by atoms with Crippen LogP contribution in [-0.2, 0) is 24.4 Å². The van der Waals surface area contributed by atoms with Crippen molar-refractivity contribution in [1.29, 1.82) is 0 Å². The lowest BCUT2D eigenvalue weighted by Gasteiger charge is -2.06. The summed E-state index contributed by atoms with van der Waals surface area (Å²) in [4.78, 5) is 4.24. The third kappa shape index (κ3) is 5.16. The molecule has 86 valence electrons. The molecule has 0 unspecified atom stereocenters. The van der Waals surface area contributed by atoms with Gasteiger partial charge in [0.2, 0.25) is 0 Å². The highest BCUT2D eigenvalue weighted by molar-refractivity contribution is 14.1. The van der Waals surface area contributed by atoms with E-state index < -0.39 is 0 Å². The normalized spacial score (nSPS) is 10.8. The minimum atomic E-state index is 0.581. The summed E-state index contributed by atoms with van der Waals surface area (Å²) in [6.45, 7) is 2.09. The van der Waals surface area contributed by atoms with Gasteiger partial charge in [-0.3, -0.25) is 4.18 Å². The first-order valence-corrected chi connectivity index (χ1v) is 5.99. The van der Waals surface area contributed by atoms with Crippen molar-refractivity contribution in [2.45, 2.75) is 13.0 Å². The second-order valence-corrected chi connectivity index (χ2v) is 4.31. The lowest BCUT2D eigenvalue weighted by molar-refractivity contribution is 0.186. The van der Waals surface area contributed by atoms with E-state index in [1.807, 2.05) is 6.20 Å². The summed E-state index contributed by atoms with van der Waals surface area (Å²) in [5.41, 5.74) is 0. The quantitative estimate of drug-likeness (QED) is 0.410. The first-order chi connectivity index (χ1) is 7.38. The van der Waals surface area contributed by atoms with Crippen LogP contribution < -0.4 is 0 Å². The SMILES string of the molecule is COCCn1ccnc1CCOSOI. The highest BCUT2D eigenvalue weighted by Crippen LogP contribution is 2.10. The van der Waals surface area contributed by atoms with E-state index in [1.165, 1.54) is 0 Å². The van der Waals surface area contributed by atoms with Gasteiger partial charge in [0.1, 0.15) is 28.8 Å². The number of nitrogens with zero attached hydrogens (tertiary/aromatic N) is 2. The van der Waals surface area contributed by atoms with E-state index in [9.17, 15) is 0 Å². The summed E-state index contributed by atoms with van der Waals surface area (Å²) in [6, 6.07) is 0. The molecule has 0 radical (unpaired) electrons. The zero-order valence-electron chi connectivity index (χ0n) is 8.39. The van der Waals surface area contributed by atoms with Crippen molar-refractivity contribution in [2.24, 2.45) is 0 Å². The molecule has 5 nitrogen and oxygen atoms in total. The second kappa shape index (κ2) is 8.34. The maximum Gasteiger partial charge on any atom is 0.169 e. The Morgan fingerprint density at radius 1 is 1.53 bits per heavy atom. The molecule has 0 N–H and O–H groups in total. The Morgan fingerprint density at radius 3 is 3.13 bits per heavy atom. The van der Waals surface area contributed by atoms with Crippen LogP contribution in [0.3, 0.4) is 0 Å². The Hall–Kier alpha value is 0.170. The van der Waals surface area contributed by atoms with E-state index in [0.29, 0.717) is 13.2 Å². The second-order valence-electron chi connectivity index (χ2n) is 2.73. The first-order valence-electron chi connectivity index (χ1n) is 4.44. The molecule has 0 bridgehead atoms. The molecular formula is C8H13IN2O3S. The Labute approximate surface area is 108 Å². The molecule has 0 aliphatic heterocycles. The first kappa shape index (κ1) is 13.2. The lowest BCUT2D eigenvalue weighted by atomic mass is 10.4. The van der Waals surface area contributed by atoms with Gasteiger partial charge in [-0.2, -0.15) is 0 Å². The van der Waals surface area contributed by atoms with Gasteiger partial charge in [0.05, 0.1) is 13.2 Å². The van der Waals surface area contributed by atoms with Crippen LogP contribution >= 0.6 is 35.3 Å². The predicted molar refractivity (Wildman–Crippen MR) is 66.5 cm³/mol. The number of ether oxygens (including phenoxy) is 1. The van der Waals surface area contributed by atoms with Gasteiger partial charge in [0, 0.05) is 32.5 Å². The molecule has 0 aliphatic rings. The fraction of sp³-hybridized carbons (Fsp3) is 0.625. The van der Waals surface area contributed by atoms with E-state index in [0.717, 1.165) is 31.1 Å². The molecule has 0 saturated heterocycles. The molecular weight excluding hydrogens is 331 g/mol. The van der Waals surface area contributed by atoms with Crippen LogP contribution in [-0.4, -0.2) is 29.9 Å². The van der Waals surface area contributed by atoms with Crippen molar-refractivity contribution in [3.8, 4) is 0 Å². The molecule has 0 saturated carbocycles. The highest BCUT2D eigenvalue weighted by Gasteiger charge is 2.02. The molecule has 0 amide bonds. The molecule has 7 heteroatoms. The van der Waals surface area contributed by atoms with Gasteiger partial charge in [0.25, 0.3) is 0 Å². The molecule has 1 heterocycles. The van der Waals surface area contributed by atoms with Crippen molar-refractivity contribution in [3.63, 3.8) is 0 Å². The van der Waals surface area contributed by atoms with Crippen LogP contribution in [0.4, 0.5) is 0 Å². The van der Waals surface area contributed by atoms with Gasteiger partial charge >= 0.3 is 0 Å². The fourth-order valence-corrected chi connectivity index (χ4v) is 1.65. The van der Waals surface area contributed by atoms with Crippen LogP contribution in [0.1, 0.15) is 5.82 Å². The van der Waals surface area contributed by atoms with Crippen LogP contribution in [0.15, 0.2) is 12.4 Å². The van der Waals surface area contributed by atoms with E-state index in [1.54, 1.807) is 36.3 Å². The molecule has 1 aromatic rings. The number of methoxy groups -OCH3 is 1. The van der Waals surface area contributed by atoms with Gasteiger partial charge in [-0.15, -0.1) is 0 Å². The Balaban J connectivity index is 2.29. The van der Waals surface area contributed by atoms with Crippen molar-refractivity contribution in [1.82, 2.24) is 9.55 Å². The largest absolute Gasteiger partial charge is 0.383 e. The number of hydrogen-bond donors (Lipinski definition) is 0. The standard InChI is InChI=1S/C8H13IN2O3S/c1-12-7-5-11-4-3-10-8(11)2-6-13-15-14-9/h3-4H,2,5-7H2,1H3. The number of rotatable bonds is 8. The van der Waals surface area contributed by atoms with E-state index in [2.05, 4.69) is 12.1 Å². The van der Waals surface area contributed by atoms with Crippen molar-refractivity contribution < 1.29 is 11.4 Å². The van der Waals surface area contributed by atoms with Gasteiger partial charge < -0.3 is 9.30 Å². The molecule has 0 atom stereocenters. The van der Waals surface area contributed by atoms with Crippen molar-refractivity contribution >= 4 is 35.3 Å². The summed E-state index contributed by atoms with van der Waals surface area (Å²) in [7, 11) is 1.69. The third-order valence-corrected chi connectivity index (χ3v) is 2.58. The number of imidazole rings is 1. The van der Waals surface area contributed by atoms with Crippen LogP contribution in [0.2, 0.25) is 0 Å². The molecule has 0 fully saturated rings. The minimum Gasteiger partial charge on any atom is -0.383 e. The van der Waals surface area contributed by atoms with Gasteiger partial charge in [-0.05, 0) is 0 Å². The Bertz CT molecular complexity index is 272. The van der Waals surface area contributed by atoms with Crippen LogP contribution in [0.5, 0.6) is 0 Å². The van der Waals surface area contributed by atoms with Crippen molar-refractivity contribution in [3.05, 3.63) is 18.2 Å². The van der Waals surface area contributed by atoms with Crippen molar-refractivity contribution in [2.75, 3.05) is 20.3 Å². The van der Waals surface area contributed by atoms with E-state index in [-0.39, 0.29) is 0 Å². The summed E-state index contributed by atoms with van der Waals surface area (Å²) in [6.07, 6.45) is 4.49. The molecule has 0 aliphatic carbocycles. The molecule has 1 rings (SSSR count). The average molecular weight is 344 g/mol. The summed E-state index contributed by atoms with van der Waals surface area (Å²) < 4.78 is 16.9. The lowest BCUT2D eigenvalue weighted by Crippen LogP contribution is -2.09. The molecule has 0 spiro atoms. The topological polar surface area (TPSA) is 45.5 Å². The zero-order valence-corrected chi connectivity index (χ0v) is 11.4. The maximum atomic E-state index is 5.12. The van der Waals surface area contributed by atoms with Crippen LogP contribution in [0, 0.1) is 0 Å². The molecule has 1 aromatic heterocycles. The third-order valence-electron chi connectivity index (χ3n) is 1.82.